The molecular formula is C16H28O5. The quantitative estimate of drug-likeness (QED) is 0.762. The maximum atomic E-state index is 11.9. The zero-order valence-electron chi connectivity index (χ0n) is 13.5. The number of hydrogen-bond donors (Lipinski definition) is 1. The average molecular weight is 300 g/mol. The van der Waals surface area contributed by atoms with Gasteiger partial charge in [0.2, 0.25) is 0 Å². The van der Waals surface area contributed by atoms with Gasteiger partial charge in [0.15, 0.2) is 6.10 Å². The van der Waals surface area contributed by atoms with E-state index >= 15 is 0 Å². The van der Waals surface area contributed by atoms with Gasteiger partial charge in [-0.2, -0.15) is 0 Å². The first-order valence-electron chi connectivity index (χ1n) is 7.89. The van der Waals surface area contributed by atoms with Crippen LogP contribution in [0.4, 0.5) is 0 Å². The van der Waals surface area contributed by atoms with Gasteiger partial charge in [-0.1, -0.05) is 27.2 Å². The van der Waals surface area contributed by atoms with E-state index in [0.717, 1.165) is 19.3 Å². The third-order valence-electron chi connectivity index (χ3n) is 4.16. The molecule has 0 aromatic carbocycles. The Morgan fingerprint density at radius 1 is 1.29 bits per heavy atom. The average Bonchev–Trinajstić information content (AvgIpc) is 2.38. The molecule has 0 bridgehead atoms. The molecule has 122 valence electrons. The van der Waals surface area contributed by atoms with Crippen LogP contribution in [0, 0.1) is 17.8 Å². The standard InChI is InChI=1S/C16H28O5/c1-5-20-16(19)13(17)9-15(18)21-14-8-11(4)6-7-12(14)10(2)3/h10-14,17H,5-9H2,1-4H3/t11-,12+,13?,14-/m0/s1. The molecule has 1 aliphatic rings. The van der Waals surface area contributed by atoms with E-state index in [9.17, 15) is 14.7 Å². The third kappa shape index (κ3) is 5.65. The highest BCUT2D eigenvalue weighted by Crippen LogP contribution is 2.35. The summed E-state index contributed by atoms with van der Waals surface area (Å²) < 4.78 is 10.2. The lowest BCUT2D eigenvalue weighted by atomic mass is 9.75. The van der Waals surface area contributed by atoms with Crippen LogP contribution < -0.4 is 0 Å². The summed E-state index contributed by atoms with van der Waals surface area (Å²) in [6, 6.07) is 0. The Bertz CT molecular complexity index is 353. The fraction of sp³-hybridized carbons (Fsp3) is 0.875. The summed E-state index contributed by atoms with van der Waals surface area (Å²) in [5.74, 6) is 0.0371. The summed E-state index contributed by atoms with van der Waals surface area (Å²) in [5.41, 5.74) is 0. The van der Waals surface area contributed by atoms with E-state index in [1.807, 2.05) is 0 Å². The zero-order chi connectivity index (χ0) is 16.0. The number of hydrogen-bond acceptors (Lipinski definition) is 5. The molecule has 1 unspecified atom stereocenters. The first kappa shape index (κ1) is 18.0. The van der Waals surface area contributed by atoms with Crippen LogP contribution in [-0.4, -0.2) is 35.9 Å². The van der Waals surface area contributed by atoms with Crippen molar-refractivity contribution in [3.8, 4) is 0 Å². The number of esters is 2. The minimum Gasteiger partial charge on any atom is -0.464 e. The molecule has 1 saturated carbocycles. The second-order valence-corrected chi connectivity index (χ2v) is 6.33. The van der Waals surface area contributed by atoms with Gasteiger partial charge in [0.25, 0.3) is 0 Å². The molecule has 1 N–H and O–H groups in total. The molecule has 1 aliphatic carbocycles. The SMILES string of the molecule is CCOC(=O)C(O)CC(=O)O[C@H]1C[C@@H](C)CC[C@@H]1C(C)C. The molecular weight excluding hydrogens is 272 g/mol. The first-order valence-corrected chi connectivity index (χ1v) is 7.89. The van der Waals surface area contributed by atoms with Gasteiger partial charge in [-0.25, -0.2) is 4.79 Å². The van der Waals surface area contributed by atoms with Crippen LogP contribution in [0.15, 0.2) is 0 Å². The van der Waals surface area contributed by atoms with Crippen molar-refractivity contribution >= 4 is 11.9 Å². The van der Waals surface area contributed by atoms with E-state index in [4.69, 9.17) is 4.74 Å². The second-order valence-electron chi connectivity index (χ2n) is 6.33. The molecule has 5 heteroatoms. The summed E-state index contributed by atoms with van der Waals surface area (Å²) in [6.45, 7) is 8.26. The minimum atomic E-state index is -1.43. The monoisotopic (exact) mass is 300 g/mol. The van der Waals surface area contributed by atoms with Crippen molar-refractivity contribution < 1.29 is 24.2 Å². The fourth-order valence-corrected chi connectivity index (χ4v) is 2.95. The predicted molar refractivity (Wildman–Crippen MR) is 78.5 cm³/mol. The van der Waals surface area contributed by atoms with E-state index < -0.39 is 18.0 Å². The molecule has 0 aromatic heterocycles. The van der Waals surface area contributed by atoms with Gasteiger partial charge in [0.1, 0.15) is 6.10 Å². The highest BCUT2D eigenvalue weighted by Gasteiger charge is 2.34. The molecule has 21 heavy (non-hydrogen) atoms. The largest absolute Gasteiger partial charge is 0.464 e. The van der Waals surface area contributed by atoms with E-state index in [-0.39, 0.29) is 19.1 Å². The normalized spacial score (nSPS) is 27.2. The van der Waals surface area contributed by atoms with E-state index in [0.29, 0.717) is 17.8 Å². The van der Waals surface area contributed by atoms with Crippen LogP contribution in [0.2, 0.25) is 0 Å². The molecule has 4 atom stereocenters. The second kappa shape index (κ2) is 8.37. The van der Waals surface area contributed by atoms with Gasteiger partial charge in [-0.3, -0.25) is 4.79 Å². The Kier molecular flexibility index (Phi) is 7.15. The lowest BCUT2D eigenvalue weighted by Crippen LogP contribution is -2.37. The van der Waals surface area contributed by atoms with Crippen LogP contribution in [0.25, 0.3) is 0 Å². The Morgan fingerprint density at radius 2 is 1.95 bits per heavy atom. The highest BCUT2D eigenvalue weighted by atomic mass is 16.6. The lowest BCUT2D eigenvalue weighted by Gasteiger charge is -2.36. The number of ether oxygens (including phenoxy) is 2. The van der Waals surface area contributed by atoms with E-state index in [2.05, 4.69) is 25.5 Å². The number of aliphatic hydroxyl groups excluding tert-OH is 1. The number of carbonyl (C=O) groups excluding carboxylic acids is 2. The summed E-state index contributed by atoms with van der Waals surface area (Å²) in [5, 5.41) is 9.60. The van der Waals surface area contributed by atoms with Gasteiger partial charge >= 0.3 is 11.9 Å². The number of rotatable bonds is 6. The highest BCUT2D eigenvalue weighted by molar-refractivity contribution is 5.81. The first-order chi connectivity index (χ1) is 9.85. The number of aliphatic hydroxyl groups is 1. The topological polar surface area (TPSA) is 72.8 Å². The van der Waals surface area contributed by atoms with Crippen molar-refractivity contribution in [1.82, 2.24) is 0 Å². The summed E-state index contributed by atoms with van der Waals surface area (Å²) in [7, 11) is 0. The minimum absolute atomic E-state index is 0.115. The predicted octanol–water partition coefficient (Wildman–Crippen LogP) is 2.30. The van der Waals surface area contributed by atoms with Crippen molar-refractivity contribution in [2.75, 3.05) is 6.61 Å². The van der Waals surface area contributed by atoms with Gasteiger partial charge in [-0.15, -0.1) is 0 Å². The molecule has 5 nitrogen and oxygen atoms in total. The molecule has 0 amide bonds. The van der Waals surface area contributed by atoms with Crippen molar-refractivity contribution in [2.24, 2.45) is 17.8 Å². The van der Waals surface area contributed by atoms with Crippen LogP contribution >= 0.6 is 0 Å². The van der Waals surface area contributed by atoms with Gasteiger partial charge in [-0.05, 0) is 37.5 Å². The van der Waals surface area contributed by atoms with Crippen LogP contribution in [0.3, 0.4) is 0 Å². The molecule has 1 rings (SSSR count). The lowest BCUT2D eigenvalue weighted by molar-refractivity contribution is -0.165. The number of carbonyl (C=O) groups is 2. The van der Waals surface area contributed by atoms with Crippen LogP contribution in [0.1, 0.15) is 53.4 Å². The smallest absolute Gasteiger partial charge is 0.335 e. The molecule has 0 heterocycles. The fourth-order valence-electron chi connectivity index (χ4n) is 2.95. The van der Waals surface area contributed by atoms with Crippen molar-refractivity contribution in [1.29, 1.82) is 0 Å². The van der Waals surface area contributed by atoms with Crippen molar-refractivity contribution in [2.45, 2.75) is 65.6 Å². The van der Waals surface area contributed by atoms with Crippen LogP contribution in [0.5, 0.6) is 0 Å². The van der Waals surface area contributed by atoms with E-state index in [1.165, 1.54) is 0 Å². The Labute approximate surface area is 127 Å². The van der Waals surface area contributed by atoms with Crippen molar-refractivity contribution in [3.05, 3.63) is 0 Å². The Hall–Kier alpha value is -1.10. The Morgan fingerprint density at radius 3 is 2.52 bits per heavy atom. The zero-order valence-corrected chi connectivity index (χ0v) is 13.5. The maximum absolute atomic E-state index is 11.9. The third-order valence-corrected chi connectivity index (χ3v) is 4.16. The summed E-state index contributed by atoms with van der Waals surface area (Å²) in [6.07, 6.45) is 1.17. The molecule has 0 spiro atoms. The molecule has 0 aliphatic heterocycles. The summed E-state index contributed by atoms with van der Waals surface area (Å²) in [4.78, 5) is 23.2. The van der Waals surface area contributed by atoms with Gasteiger partial charge in [0.05, 0.1) is 13.0 Å². The van der Waals surface area contributed by atoms with Gasteiger partial charge < -0.3 is 14.6 Å². The van der Waals surface area contributed by atoms with Crippen LogP contribution in [-0.2, 0) is 19.1 Å². The maximum Gasteiger partial charge on any atom is 0.335 e. The summed E-state index contributed by atoms with van der Waals surface area (Å²) >= 11 is 0. The molecule has 1 fully saturated rings. The van der Waals surface area contributed by atoms with E-state index in [1.54, 1.807) is 6.92 Å². The molecule has 0 radical (unpaired) electrons. The van der Waals surface area contributed by atoms with Crippen molar-refractivity contribution in [3.63, 3.8) is 0 Å². The van der Waals surface area contributed by atoms with Gasteiger partial charge in [0, 0.05) is 0 Å². The molecule has 0 aromatic rings. The Balaban J connectivity index is 2.52. The molecule has 0 saturated heterocycles.